The number of hydrogen-bond acceptors (Lipinski definition) is 6. The summed E-state index contributed by atoms with van der Waals surface area (Å²) in [6.07, 6.45) is 6.00. The van der Waals surface area contributed by atoms with Gasteiger partial charge in [-0.3, -0.25) is 29.4 Å². The van der Waals surface area contributed by atoms with Crippen molar-refractivity contribution < 1.29 is 24.0 Å². The maximum Gasteiger partial charge on any atom is 0.274 e. The number of hydrogen-bond donors (Lipinski definition) is 7. The summed E-state index contributed by atoms with van der Waals surface area (Å²) in [5.74, 6) is -2.27. The van der Waals surface area contributed by atoms with Gasteiger partial charge >= 0.3 is 0 Å². The number of nitrogens with zero attached hydrogens (tertiary/aromatic N) is 4. The maximum absolute atomic E-state index is 13.3. The van der Waals surface area contributed by atoms with Gasteiger partial charge in [0.2, 0.25) is 0 Å². The van der Waals surface area contributed by atoms with Crippen molar-refractivity contribution in [2.45, 2.75) is 13.0 Å². The second-order valence-electron chi connectivity index (χ2n) is 10.6. The molecule has 8 N–H and O–H groups in total. The van der Waals surface area contributed by atoms with Crippen molar-refractivity contribution in [3.63, 3.8) is 0 Å². The van der Waals surface area contributed by atoms with E-state index < -0.39 is 35.6 Å². The first-order chi connectivity index (χ1) is 22.1. The zero-order valence-electron chi connectivity index (χ0n) is 26.2. The van der Waals surface area contributed by atoms with Gasteiger partial charge in [0.1, 0.15) is 28.6 Å². The number of H-pyrrole nitrogens is 4. The molecule has 16 nitrogen and oxygen atoms in total. The number of nitrogens with one attached hydrogen (secondary N) is 6. The molecule has 0 aliphatic carbocycles. The van der Waals surface area contributed by atoms with E-state index in [1.54, 1.807) is 14.0 Å². The topological polar surface area (TPSA) is 223 Å². The third-order valence-corrected chi connectivity index (χ3v) is 7.90. The molecule has 0 spiro atoms. The average Bonchev–Trinajstić information content (AvgIpc) is 3.88. The van der Waals surface area contributed by atoms with E-state index in [0.717, 1.165) is 0 Å². The first-order valence-corrected chi connectivity index (χ1v) is 14.7. The Kier molecular flexibility index (Phi) is 9.89. The number of carbonyl (C=O) groups is 5. The zero-order chi connectivity index (χ0) is 34.7. The molecule has 0 bridgehead atoms. The van der Waals surface area contributed by atoms with E-state index in [1.807, 2.05) is 0 Å². The number of anilines is 4. The average molecular weight is 709 g/mol. The fourth-order valence-electron chi connectivity index (χ4n) is 4.36. The van der Waals surface area contributed by atoms with Crippen LogP contribution in [0.1, 0.15) is 48.9 Å². The van der Waals surface area contributed by atoms with Crippen LogP contribution in [0, 0.1) is 5.41 Å². The van der Waals surface area contributed by atoms with Gasteiger partial charge in [0, 0.05) is 53.0 Å². The second-order valence-corrected chi connectivity index (χ2v) is 11.6. The molecule has 0 aliphatic heterocycles. The van der Waals surface area contributed by atoms with Crippen LogP contribution in [0.5, 0.6) is 0 Å². The number of halogens is 1. The molecule has 4 aromatic rings. The molecule has 4 aromatic heterocycles. The maximum atomic E-state index is 13.3. The van der Waals surface area contributed by atoms with Gasteiger partial charge in [0.05, 0.1) is 33.3 Å². The molecule has 0 aromatic carbocycles. The highest BCUT2D eigenvalue weighted by Gasteiger charge is 2.25. The second kappa shape index (κ2) is 13.7. The van der Waals surface area contributed by atoms with Crippen LogP contribution in [0.3, 0.4) is 0 Å². The fraction of sp³-hybridized carbons (Fsp3) is 0.200. The monoisotopic (exact) mass is 707 g/mol. The highest BCUT2D eigenvalue weighted by Crippen LogP contribution is 2.24. The third-order valence-electron chi connectivity index (χ3n) is 7.54. The molecule has 4 rings (SSSR count). The van der Waals surface area contributed by atoms with Crippen LogP contribution in [0.2, 0.25) is 0 Å². The van der Waals surface area contributed by atoms with Crippen LogP contribution in [-0.2, 0) is 4.79 Å². The Labute approximate surface area is 277 Å². The van der Waals surface area contributed by atoms with Gasteiger partial charge in [0.25, 0.3) is 29.5 Å². The highest BCUT2D eigenvalue weighted by molar-refractivity contribution is 9.12. The number of nitrogens with two attached hydrogens (primary N) is 1. The molecule has 0 saturated heterocycles. The Bertz CT molecular complexity index is 1880. The predicted molar refractivity (Wildman–Crippen MR) is 182 cm³/mol. The van der Waals surface area contributed by atoms with Gasteiger partial charge in [-0.25, -0.2) is 0 Å². The lowest BCUT2D eigenvalue weighted by Crippen LogP contribution is -2.43. The smallest absolute Gasteiger partial charge is 0.274 e. The zero-order valence-corrected chi connectivity index (χ0v) is 27.8. The van der Waals surface area contributed by atoms with Crippen molar-refractivity contribution in [1.82, 2.24) is 24.8 Å². The van der Waals surface area contributed by atoms with Gasteiger partial charge < -0.3 is 50.6 Å². The van der Waals surface area contributed by atoms with E-state index in [2.05, 4.69) is 47.8 Å². The van der Waals surface area contributed by atoms with Crippen molar-refractivity contribution in [1.29, 1.82) is 5.41 Å². The van der Waals surface area contributed by atoms with Crippen LogP contribution < -0.4 is 25.8 Å². The van der Waals surface area contributed by atoms with Gasteiger partial charge in [0.15, 0.2) is 0 Å². The van der Waals surface area contributed by atoms with Gasteiger partial charge in [-0.2, -0.15) is 0 Å². The molecule has 17 heteroatoms. The number of amidine groups is 1. The molecular weight excluding hydrogens is 674 g/mol. The Morgan fingerprint density at radius 3 is 1.47 bits per heavy atom. The van der Waals surface area contributed by atoms with Gasteiger partial charge in [-0.1, -0.05) is 6.58 Å². The molecule has 0 aliphatic rings. The minimum absolute atomic E-state index is 0.138. The lowest BCUT2D eigenvalue weighted by molar-refractivity contribution is -0.112. The van der Waals surface area contributed by atoms with E-state index >= 15 is 0 Å². The summed E-state index contributed by atoms with van der Waals surface area (Å²) in [5, 5.41) is 10.2. The first-order valence-electron chi connectivity index (χ1n) is 13.9. The Morgan fingerprint density at radius 2 is 1.09 bits per heavy atom. The Morgan fingerprint density at radius 1 is 0.723 bits per heavy atom. The van der Waals surface area contributed by atoms with E-state index in [0.29, 0.717) is 22.7 Å². The summed E-state index contributed by atoms with van der Waals surface area (Å²) < 4.78 is 0.138. The summed E-state index contributed by atoms with van der Waals surface area (Å²) in [5.41, 5.74) is 7.95. The van der Waals surface area contributed by atoms with E-state index in [-0.39, 0.29) is 33.1 Å². The molecule has 4 heterocycles. The summed E-state index contributed by atoms with van der Waals surface area (Å²) >= 11 is 3.00. The number of aromatic amines is 4. The molecule has 246 valence electrons. The summed E-state index contributed by atoms with van der Waals surface area (Å²) in [6.45, 7) is 5.13. The Balaban J connectivity index is 1.40. The predicted octanol–water partition coefficient (Wildman–Crippen LogP) is 3.07. The van der Waals surface area contributed by atoms with Crippen LogP contribution in [0.4, 0.5) is 22.7 Å². The fourth-order valence-corrected chi connectivity index (χ4v) is 4.46. The molecular formula is C30H34BrN11O5. The van der Waals surface area contributed by atoms with Crippen molar-refractivity contribution in [2.75, 3.05) is 48.2 Å². The third kappa shape index (κ3) is 7.19. The van der Waals surface area contributed by atoms with Crippen LogP contribution in [0.25, 0.3) is 0 Å². The number of carbonyl (C=O) groups excluding carboxylic acids is 5. The lowest BCUT2D eigenvalue weighted by Gasteiger charge is -2.23. The summed E-state index contributed by atoms with van der Waals surface area (Å²) in [6, 6.07) is 5.42. The first kappa shape index (κ1) is 34.0. The van der Waals surface area contributed by atoms with Crippen LogP contribution in [-0.4, -0.2) is 94.4 Å². The van der Waals surface area contributed by atoms with Crippen molar-refractivity contribution >= 4 is 74.1 Å². The van der Waals surface area contributed by atoms with Crippen molar-refractivity contribution in [2.24, 2.45) is 5.73 Å². The SMILES string of the molecule is C=C(Br)C(=O)Nc1c[nH]c(C(=O)N(C)c2c[nH]c(C(=O)N(C)c3c[nH]c(C(=O)N(C)c4c[nH]c(C(=O)N(C)C(C)C(=N)N)c4)c3)c2)c1. The molecule has 5 amide bonds. The van der Waals surface area contributed by atoms with Crippen LogP contribution in [0.15, 0.2) is 60.1 Å². The lowest BCUT2D eigenvalue weighted by atomic mass is 10.2. The molecule has 1 atom stereocenters. The van der Waals surface area contributed by atoms with Crippen molar-refractivity contribution in [3.8, 4) is 0 Å². The minimum atomic E-state index is -0.605. The number of amides is 5. The summed E-state index contributed by atoms with van der Waals surface area (Å²) in [7, 11) is 6.15. The highest BCUT2D eigenvalue weighted by atomic mass is 79.9. The number of rotatable bonds is 11. The molecule has 0 radical (unpaired) electrons. The number of likely N-dealkylation sites (N-methyl/N-ethyl adjacent to an activating group) is 1. The number of aromatic nitrogens is 4. The molecule has 0 fully saturated rings. The standard InChI is InChI=1S/C30H34BrN11O5/c1-15(31)26(43)38-17-7-21(34-11-17)28(45)40(4)19-9-23(36-13-19)30(47)42(6)20-10-24(37-14-20)29(46)41(5)18-8-22(35-12-18)27(44)39(3)16(2)25(32)33/h7-14,16,34-37H,1H2,2-6H3,(H3,32,33)(H,38,43). The normalized spacial score (nSPS) is 11.4. The molecule has 47 heavy (non-hydrogen) atoms. The van der Waals surface area contributed by atoms with Gasteiger partial charge in [-0.15, -0.1) is 0 Å². The van der Waals surface area contributed by atoms with E-state index in [4.69, 9.17) is 11.1 Å². The molecule has 0 saturated carbocycles. The van der Waals surface area contributed by atoms with Crippen molar-refractivity contribution in [3.05, 3.63) is 82.9 Å². The van der Waals surface area contributed by atoms with Crippen LogP contribution >= 0.6 is 15.9 Å². The Hall–Kier alpha value is -5.84. The molecule has 1 unspecified atom stereocenters. The van der Waals surface area contributed by atoms with Gasteiger partial charge in [-0.05, 0) is 47.1 Å². The van der Waals surface area contributed by atoms with E-state index in [1.165, 1.54) is 89.8 Å². The summed E-state index contributed by atoms with van der Waals surface area (Å²) in [4.78, 5) is 80.9. The van der Waals surface area contributed by atoms with E-state index in [9.17, 15) is 24.0 Å². The minimum Gasteiger partial charge on any atom is -0.386 e. The quantitative estimate of drug-likeness (QED) is 0.0704. The largest absolute Gasteiger partial charge is 0.386 e.